The first-order chi connectivity index (χ1) is 15.1. The van der Waals surface area contributed by atoms with Crippen LogP contribution in [-0.2, 0) is 12.8 Å². The van der Waals surface area contributed by atoms with Gasteiger partial charge in [-0.05, 0) is 29.8 Å². The summed E-state index contributed by atoms with van der Waals surface area (Å²) in [6.07, 6.45) is 3.92. The van der Waals surface area contributed by atoms with Gasteiger partial charge in [0.2, 0.25) is 5.88 Å². The number of halogens is 1. The number of hydrogen-bond acceptors (Lipinski definition) is 5. The number of nitrogens with two attached hydrogens (primary N) is 1. The highest BCUT2D eigenvalue weighted by Crippen LogP contribution is 2.33. The van der Waals surface area contributed by atoms with Gasteiger partial charge in [0.05, 0.1) is 36.0 Å². The summed E-state index contributed by atoms with van der Waals surface area (Å²) in [7, 11) is 0. The van der Waals surface area contributed by atoms with Crippen LogP contribution in [0, 0.1) is 5.82 Å². The number of hydrogen-bond donors (Lipinski definition) is 2. The Hall–Kier alpha value is -4.13. The number of furan rings is 1. The minimum atomic E-state index is -0.568. The Morgan fingerprint density at radius 2 is 1.81 bits per heavy atom. The Labute approximate surface area is 177 Å². The maximum Gasteiger partial charge on any atom is 0.220 e. The van der Waals surface area contributed by atoms with Crippen LogP contribution in [0.3, 0.4) is 0 Å². The lowest BCUT2D eigenvalue weighted by Crippen LogP contribution is -2.03. The van der Waals surface area contributed by atoms with Crippen LogP contribution in [-0.4, -0.2) is 19.5 Å². The number of aromatic nitrogens is 3. The molecule has 3 heterocycles. The van der Waals surface area contributed by atoms with Gasteiger partial charge in [-0.25, -0.2) is 9.37 Å². The Morgan fingerprint density at radius 3 is 2.58 bits per heavy atom. The van der Waals surface area contributed by atoms with Crippen LogP contribution in [0.15, 0.2) is 77.5 Å². The maximum atomic E-state index is 14.8. The summed E-state index contributed by atoms with van der Waals surface area (Å²) in [5, 5.41) is 11.1. The van der Waals surface area contributed by atoms with E-state index in [1.807, 2.05) is 36.4 Å². The minimum absolute atomic E-state index is 0.0226. The van der Waals surface area contributed by atoms with E-state index in [1.54, 1.807) is 30.7 Å². The van der Waals surface area contributed by atoms with Crippen molar-refractivity contribution in [3.05, 3.63) is 102 Å². The van der Waals surface area contributed by atoms with E-state index in [9.17, 15) is 9.50 Å². The first-order valence-corrected chi connectivity index (χ1v) is 9.80. The highest BCUT2D eigenvalue weighted by atomic mass is 19.1. The number of nitrogen functional groups attached to an aromatic ring is 1. The van der Waals surface area contributed by atoms with E-state index >= 15 is 0 Å². The zero-order valence-electron chi connectivity index (χ0n) is 16.5. The van der Waals surface area contributed by atoms with Crippen LogP contribution >= 0.6 is 0 Å². The van der Waals surface area contributed by atoms with Crippen molar-refractivity contribution >= 4 is 11.3 Å². The molecule has 154 valence electrons. The fourth-order valence-electron chi connectivity index (χ4n) is 3.68. The molecule has 0 aliphatic heterocycles. The molecule has 3 aromatic heterocycles. The van der Waals surface area contributed by atoms with Gasteiger partial charge in [-0.1, -0.05) is 36.4 Å². The molecular formula is C24H19FN4O2. The molecule has 0 unspecified atom stereocenters. The molecule has 0 bridgehead atoms. The number of nitrogens with zero attached hydrogens (tertiary/aromatic N) is 3. The van der Waals surface area contributed by atoms with Crippen molar-refractivity contribution in [1.82, 2.24) is 14.4 Å². The molecule has 5 aromatic rings. The molecule has 31 heavy (non-hydrogen) atoms. The molecule has 5 rings (SSSR count). The standard InChI is InChI=1S/C24H19FN4O2/c25-22-17(9-4-10-18(22)26)21-14-27-19(12-15-6-2-1-3-7-15)23-28-20(24(30)29(21)23)13-16-8-5-11-31-16/h1-11,14,30H,12-13,26H2. The number of benzene rings is 2. The third-order valence-corrected chi connectivity index (χ3v) is 5.20. The number of fused-ring (bicyclic) bond motifs is 1. The molecule has 2 aromatic carbocycles. The SMILES string of the molecule is Nc1cccc(-c2cnc(Cc3ccccc3)c3nc(Cc4ccco4)c(O)n23)c1F. The van der Waals surface area contributed by atoms with Gasteiger partial charge in [0.15, 0.2) is 11.5 Å². The van der Waals surface area contributed by atoms with Crippen LogP contribution < -0.4 is 5.73 Å². The van der Waals surface area contributed by atoms with E-state index in [0.29, 0.717) is 41.3 Å². The Morgan fingerprint density at radius 1 is 0.968 bits per heavy atom. The average Bonchev–Trinajstić information content (AvgIpc) is 3.41. The van der Waals surface area contributed by atoms with Crippen molar-refractivity contribution in [2.24, 2.45) is 0 Å². The van der Waals surface area contributed by atoms with Crippen LogP contribution in [0.2, 0.25) is 0 Å². The molecule has 6 nitrogen and oxygen atoms in total. The molecule has 0 aliphatic carbocycles. The number of rotatable bonds is 5. The van der Waals surface area contributed by atoms with Crippen molar-refractivity contribution in [3.63, 3.8) is 0 Å². The molecule has 0 saturated heterocycles. The zero-order chi connectivity index (χ0) is 21.4. The van der Waals surface area contributed by atoms with Crippen LogP contribution in [0.4, 0.5) is 10.1 Å². The number of imidazole rings is 1. The zero-order valence-corrected chi connectivity index (χ0v) is 16.5. The summed E-state index contributed by atoms with van der Waals surface area (Å²) in [6, 6.07) is 18.2. The van der Waals surface area contributed by atoms with E-state index in [0.717, 1.165) is 5.56 Å². The summed E-state index contributed by atoms with van der Waals surface area (Å²) in [5.41, 5.74) is 9.00. The van der Waals surface area contributed by atoms with Gasteiger partial charge in [-0.3, -0.25) is 9.38 Å². The second-order valence-corrected chi connectivity index (χ2v) is 7.26. The van der Waals surface area contributed by atoms with Crippen molar-refractivity contribution in [2.45, 2.75) is 12.8 Å². The third kappa shape index (κ3) is 3.40. The van der Waals surface area contributed by atoms with Gasteiger partial charge >= 0.3 is 0 Å². The topological polar surface area (TPSA) is 89.6 Å². The summed E-state index contributed by atoms with van der Waals surface area (Å²) in [6.45, 7) is 0. The van der Waals surface area contributed by atoms with Crippen LogP contribution in [0.1, 0.15) is 22.7 Å². The average molecular weight is 414 g/mol. The summed E-state index contributed by atoms with van der Waals surface area (Å²) in [5.74, 6) is 0.00925. The van der Waals surface area contributed by atoms with Gasteiger partial charge in [0.1, 0.15) is 11.5 Å². The molecule has 0 radical (unpaired) electrons. The van der Waals surface area contributed by atoms with E-state index in [-0.39, 0.29) is 17.1 Å². The Kier molecular flexibility index (Phi) is 4.63. The van der Waals surface area contributed by atoms with Crippen LogP contribution in [0.5, 0.6) is 5.88 Å². The number of anilines is 1. The second-order valence-electron chi connectivity index (χ2n) is 7.26. The quantitative estimate of drug-likeness (QED) is 0.410. The minimum Gasteiger partial charge on any atom is -0.493 e. The molecule has 0 spiro atoms. The van der Waals surface area contributed by atoms with Gasteiger partial charge in [0, 0.05) is 12.0 Å². The van der Waals surface area contributed by atoms with Gasteiger partial charge in [-0.2, -0.15) is 0 Å². The normalized spacial score (nSPS) is 11.3. The molecule has 0 saturated carbocycles. The van der Waals surface area contributed by atoms with E-state index in [1.165, 1.54) is 10.5 Å². The van der Waals surface area contributed by atoms with Gasteiger partial charge in [0.25, 0.3) is 0 Å². The fourth-order valence-corrected chi connectivity index (χ4v) is 3.68. The molecular weight excluding hydrogens is 395 g/mol. The molecule has 0 amide bonds. The molecule has 7 heteroatoms. The maximum absolute atomic E-state index is 14.8. The highest BCUT2D eigenvalue weighted by molar-refractivity contribution is 5.70. The van der Waals surface area contributed by atoms with Crippen LogP contribution in [0.25, 0.3) is 16.9 Å². The van der Waals surface area contributed by atoms with Crippen molar-refractivity contribution < 1.29 is 13.9 Å². The lowest BCUT2D eigenvalue weighted by Gasteiger charge is -2.11. The summed E-state index contributed by atoms with van der Waals surface area (Å²) in [4.78, 5) is 9.23. The second kappa shape index (κ2) is 7.60. The van der Waals surface area contributed by atoms with E-state index < -0.39 is 5.82 Å². The first-order valence-electron chi connectivity index (χ1n) is 9.80. The predicted molar refractivity (Wildman–Crippen MR) is 115 cm³/mol. The third-order valence-electron chi connectivity index (χ3n) is 5.20. The van der Waals surface area contributed by atoms with Crippen molar-refractivity contribution in [1.29, 1.82) is 0 Å². The summed E-state index contributed by atoms with van der Waals surface area (Å²) >= 11 is 0. The lowest BCUT2D eigenvalue weighted by atomic mass is 10.1. The molecule has 0 atom stereocenters. The molecule has 0 fully saturated rings. The summed E-state index contributed by atoms with van der Waals surface area (Å²) < 4.78 is 21.8. The van der Waals surface area contributed by atoms with Gasteiger partial charge in [-0.15, -0.1) is 0 Å². The highest BCUT2D eigenvalue weighted by Gasteiger charge is 2.22. The largest absolute Gasteiger partial charge is 0.493 e. The number of aromatic hydroxyl groups is 1. The predicted octanol–water partition coefficient (Wildman–Crippen LogP) is 4.60. The van der Waals surface area contributed by atoms with E-state index in [2.05, 4.69) is 9.97 Å². The fraction of sp³-hybridized carbons (Fsp3) is 0.0833. The molecule has 0 aliphatic rings. The monoisotopic (exact) mass is 414 g/mol. The van der Waals surface area contributed by atoms with Crippen molar-refractivity contribution in [2.75, 3.05) is 5.73 Å². The lowest BCUT2D eigenvalue weighted by molar-refractivity contribution is 0.438. The Balaban J connectivity index is 1.72. The smallest absolute Gasteiger partial charge is 0.220 e. The Bertz CT molecular complexity index is 1360. The van der Waals surface area contributed by atoms with Crippen molar-refractivity contribution in [3.8, 4) is 17.1 Å². The van der Waals surface area contributed by atoms with E-state index in [4.69, 9.17) is 10.2 Å². The first kappa shape index (κ1) is 18.9. The van der Waals surface area contributed by atoms with Gasteiger partial charge < -0.3 is 15.3 Å². The molecule has 3 N–H and O–H groups in total.